The van der Waals surface area contributed by atoms with Gasteiger partial charge in [0.15, 0.2) is 0 Å². The number of phenols is 1. The van der Waals surface area contributed by atoms with E-state index in [1.54, 1.807) is 0 Å². The Morgan fingerprint density at radius 3 is 2.65 bits per heavy atom. The summed E-state index contributed by atoms with van der Waals surface area (Å²) in [6.45, 7) is 1.60. The van der Waals surface area contributed by atoms with Gasteiger partial charge in [-0.05, 0) is 31.8 Å². The van der Waals surface area contributed by atoms with Crippen molar-refractivity contribution in [1.82, 2.24) is 5.32 Å². The molecule has 0 aliphatic carbocycles. The normalized spacial score (nSPS) is 17.0. The maximum absolute atomic E-state index is 13.2. The Bertz CT molecular complexity index is 445. The van der Waals surface area contributed by atoms with Gasteiger partial charge < -0.3 is 10.4 Å². The van der Waals surface area contributed by atoms with E-state index in [1.165, 1.54) is 0 Å². The molecule has 1 fully saturated rings. The predicted octanol–water partition coefficient (Wildman–Crippen LogP) is 1.91. The fourth-order valence-corrected chi connectivity index (χ4v) is 2.17. The smallest absolute Gasteiger partial charge is 0.305 e. The van der Waals surface area contributed by atoms with E-state index in [0.29, 0.717) is 5.56 Å². The Balaban J connectivity index is 2.38. The molecule has 0 spiro atoms. The van der Waals surface area contributed by atoms with Crippen molar-refractivity contribution in [3.05, 3.63) is 33.6 Å². The van der Waals surface area contributed by atoms with Crippen LogP contribution in [0, 0.1) is 15.9 Å². The van der Waals surface area contributed by atoms with Crippen LogP contribution in [0.4, 0.5) is 10.1 Å². The average molecular weight is 240 g/mol. The predicted molar refractivity (Wildman–Crippen MR) is 59.6 cm³/mol. The highest BCUT2D eigenvalue weighted by molar-refractivity contribution is 5.46. The number of rotatable bonds is 2. The number of aromatic hydroxyl groups is 1. The molecule has 1 aliphatic heterocycles. The molecule has 0 atom stereocenters. The molecule has 6 heteroatoms. The van der Waals surface area contributed by atoms with E-state index in [9.17, 15) is 19.6 Å². The molecule has 0 bridgehead atoms. The molecule has 17 heavy (non-hydrogen) atoms. The SMILES string of the molecule is O=[N+]([O-])c1cc(C2CCNCC2)c(O)cc1F. The molecular formula is C11H13FN2O3. The van der Waals surface area contributed by atoms with Crippen LogP contribution in [0.3, 0.4) is 0 Å². The Hall–Kier alpha value is -1.69. The van der Waals surface area contributed by atoms with E-state index in [4.69, 9.17) is 0 Å². The first-order valence-corrected chi connectivity index (χ1v) is 5.47. The minimum absolute atomic E-state index is 0.0514. The van der Waals surface area contributed by atoms with Crippen LogP contribution in [0.25, 0.3) is 0 Å². The lowest BCUT2D eigenvalue weighted by atomic mass is 9.89. The summed E-state index contributed by atoms with van der Waals surface area (Å²) in [5.41, 5.74) is -0.101. The molecule has 2 rings (SSSR count). The third-order valence-corrected chi connectivity index (χ3v) is 3.07. The van der Waals surface area contributed by atoms with Crippen LogP contribution in [-0.4, -0.2) is 23.1 Å². The molecule has 0 radical (unpaired) electrons. The molecule has 0 amide bonds. The summed E-state index contributed by atoms with van der Waals surface area (Å²) < 4.78 is 13.2. The summed E-state index contributed by atoms with van der Waals surface area (Å²) in [5, 5.41) is 23.5. The van der Waals surface area contributed by atoms with E-state index in [2.05, 4.69) is 5.32 Å². The second kappa shape index (κ2) is 4.67. The number of phenolic OH excluding ortho intramolecular Hbond substituents is 1. The van der Waals surface area contributed by atoms with Crippen LogP contribution in [0.1, 0.15) is 24.3 Å². The summed E-state index contributed by atoms with van der Waals surface area (Å²) in [4.78, 5) is 9.88. The highest BCUT2D eigenvalue weighted by Gasteiger charge is 2.24. The molecule has 0 saturated carbocycles. The number of benzene rings is 1. The lowest BCUT2D eigenvalue weighted by Gasteiger charge is -2.23. The quantitative estimate of drug-likeness (QED) is 0.611. The van der Waals surface area contributed by atoms with Crippen molar-refractivity contribution < 1.29 is 14.4 Å². The van der Waals surface area contributed by atoms with E-state index in [0.717, 1.165) is 38.1 Å². The van der Waals surface area contributed by atoms with Gasteiger partial charge in [0.2, 0.25) is 5.82 Å². The van der Waals surface area contributed by atoms with E-state index in [1.807, 2.05) is 0 Å². The van der Waals surface area contributed by atoms with Crippen molar-refractivity contribution in [2.24, 2.45) is 0 Å². The maximum Gasteiger partial charge on any atom is 0.305 e. The van der Waals surface area contributed by atoms with Gasteiger partial charge in [-0.3, -0.25) is 10.1 Å². The van der Waals surface area contributed by atoms with Gasteiger partial charge in [-0.25, -0.2) is 0 Å². The molecule has 1 aromatic rings. The fraction of sp³-hybridized carbons (Fsp3) is 0.455. The van der Waals surface area contributed by atoms with Gasteiger partial charge in [0, 0.05) is 17.7 Å². The third kappa shape index (κ3) is 2.36. The summed E-state index contributed by atoms with van der Waals surface area (Å²) in [6, 6.07) is 1.98. The Labute approximate surface area is 97.4 Å². The van der Waals surface area contributed by atoms with Crippen molar-refractivity contribution >= 4 is 5.69 Å². The molecular weight excluding hydrogens is 227 g/mol. The van der Waals surface area contributed by atoms with E-state index in [-0.39, 0.29) is 11.7 Å². The molecule has 1 heterocycles. The van der Waals surface area contributed by atoms with Crippen LogP contribution in [0.5, 0.6) is 5.75 Å². The van der Waals surface area contributed by atoms with E-state index < -0.39 is 16.4 Å². The van der Waals surface area contributed by atoms with Gasteiger partial charge in [0.05, 0.1) is 4.92 Å². The summed E-state index contributed by atoms with van der Waals surface area (Å²) in [5.74, 6) is -1.14. The number of nitro groups is 1. The maximum atomic E-state index is 13.2. The lowest BCUT2D eigenvalue weighted by molar-refractivity contribution is -0.387. The zero-order valence-corrected chi connectivity index (χ0v) is 9.15. The summed E-state index contributed by atoms with van der Waals surface area (Å²) in [7, 11) is 0. The van der Waals surface area contributed by atoms with Crippen molar-refractivity contribution in [3.8, 4) is 5.75 Å². The Kier molecular flexibility index (Phi) is 3.23. The van der Waals surface area contributed by atoms with Gasteiger partial charge in [0.1, 0.15) is 5.75 Å². The van der Waals surface area contributed by atoms with Gasteiger partial charge in [0.25, 0.3) is 0 Å². The number of halogens is 1. The van der Waals surface area contributed by atoms with Crippen molar-refractivity contribution in [2.75, 3.05) is 13.1 Å². The van der Waals surface area contributed by atoms with Gasteiger partial charge >= 0.3 is 5.69 Å². The molecule has 92 valence electrons. The third-order valence-electron chi connectivity index (χ3n) is 3.07. The van der Waals surface area contributed by atoms with E-state index >= 15 is 0 Å². The van der Waals surface area contributed by atoms with Crippen LogP contribution >= 0.6 is 0 Å². The first kappa shape index (κ1) is 11.8. The summed E-state index contributed by atoms with van der Waals surface area (Å²) in [6.07, 6.45) is 1.58. The second-order valence-corrected chi connectivity index (χ2v) is 4.14. The van der Waals surface area contributed by atoms with Crippen LogP contribution in [-0.2, 0) is 0 Å². The number of hydrogen-bond donors (Lipinski definition) is 2. The minimum Gasteiger partial charge on any atom is -0.508 e. The Morgan fingerprint density at radius 2 is 2.06 bits per heavy atom. The average Bonchev–Trinajstić information content (AvgIpc) is 2.29. The minimum atomic E-state index is -0.995. The standard InChI is InChI=1S/C11H13FN2O3/c12-9-6-11(15)8(5-10(9)14(16)17)7-1-3-13-4-2-7/h5-7,13,15H,1-4H2. The number of hydrogen-bond acceptors (Lipinski definition) is 4. The first-order chi connectivity index (χ1) is 8.09. The van der Waals surface area contributed by atoms with Crippen molar-refractivity contribution in [3.63, 3.8) is 0 Å². The number of nitrogens with zero attached hydrogens (tertiary/aromatic N) is 1. The highest BCUT2D eigenvalue weighted by atomic mass is 19.1. The molecule has 5 nitrogen and oxygen atoms in total. The highest BCUT2D eigenvalue weighted by Crippen LogP contribution is 2.35. The zero-order valence-electron chi connectivity index (χ0n) is 9.15. The van der Waals surface area contributed by atoms with Gasteiger partial charge in [-0.15, -0.1) is 0 Å². The van der Waals surface area contributed by atoms with Crippen LogP contribution in [0.2, 0.25) is 0 Å². The zero-order chi connectivity index (χ0) is 12.4. The van der Waals surface area contributed by atoms with Gasteiger partial charge in [-0.1, -0.05) is 0 Å². The Morgan fingerprint density at radius 1 is 1.41 bits per heavy atom. The number of piperidine rings is 1. The van der Waals surface area contributed by atoms with Crippen LogP contribution < -0.4 is 5.32 Å². The lowest BCUT2D eigenvalue weighted by Crippen LogP contribution is -2.26. The number of nitrogens with one attached hydrogen (secondary N) is 1. The molecule has 0 unspecified atom stereocenters. The monoisotopic (exact) mass is 240 g/mol. The molecule has 2 N–H and O–H groups in total. The molecule has 1 saturated heterocycles. The molecule has 1 aliphatic rings. The van der Waals surface area contributed by atoms with Crippen LogP contribution in [0.15, 0.2) is 12.1 Å². The second-order valence-electron chi connectivity index (χ2n) is 4.14. The van der Waals surface area contributed by atoms with Crippen molar-refractivity contribution in [1.29, 1.82) is 0 Å². The number of nitro benzene ring substituents is 1. The molecule has 1 aromatic carbocycles. The van der Waals surface area contributed by atoms with Gasteiger partial charge in [-0.2, -0.15) is 4.39 Å². The van der Waals surface area contributed by atoms with Crippen molar-refractivity contribution in [2.45, 2.75) is 18.8 Å². The first-order valence-electron chi connectivity index (χ1n) is 5.47. The molecule has 0 aromatic heterocycles. The topological polar surface area (TPSA) is 75.4 Å². The summed E-state index contributed by atoms with van der Waals surface area (Å²) >= 11 is 0. The fourth-order valence-electron chi connectivity index (χ4n) is 2.17. The largest absolute Gasteiger partial charge is 0.508 e.